The summed E-state index contributed by atoms with van der Waals surface area (Å²) >= 11 is 0. The van der Waals surface area contributed by atoms with Gasteiger partial charge in [0.1, 0.15) is 11.2 Å². The van der Waals surface area contributed by atoms with Crippen molar-refractivity contribution >= 4 is 87.1 Å². The van der Waals surface area contributed by atoms with Crippen LogP contribution >= 0.6 is 0 Å². The Hall–Kier alpha value is -6.84. The lowest BCUT2D eigenvalue weighted by Gasteiger charge is -2.11. The molecule has 0 aliphatic heterocycles. The van der Waals surface area contributed by atoms with Gasteiger partial charge in [-0.25, -0.2) is 0 Å². The van der Waals surface area contributed by atoms with Gasteiger partial charge in [0, 0.05) is 43.7 Å². The Morgan fingerprint density at radius 3 is 1.51 bits per heavy atom. The number of nitrogens with zero attached hydrogens (tertiary/aromatic N) is 2. The average molecular weight is 649 g/mol. The smallest absolute Gasteiger partial charge is 0.136 e. The van der Waals surface area contributed by atoms with Crippen LogP contribution in [0.5, 0.6) is 0 Å². The number of aromatic nitrogens is 2. The van der Waals surface area contributed by atoms with Gasteiger partial charge in [-0.2, -0.15) is 0 Å². The molecule has 3 heteroatoms. The van der Waals surface area contributed by atoms with Crippen molar-refractivity contribution in [3.8, 4) is 22.5 Å². The van der Waals surface area contributed by atoms with E-state index in [2.05, 4.69) is 179 Å². The number of furan rings is 1. The molecule has 236 valence electrons. The summed E-state index contributed by atoms with van der Waals surface area (Å²) in [4.78, 5) is 0. The van der Waals surface area contributed by atoms with E-state index in [-0.39, 0.29) is 0 Å². The lowest BCUT2D eigenvalue weighted by Crippen LogP contribution is -1.95. The zero-order valence-corrected chi connectivity index (χ0v) is 27.5. The van der Waals surface area contributed by atoms with Crippen molar-refractivity contribution in [3.63, 3.8) is 0 Å². The third-order valence-electron chi connectivity index (χ3n) is 11.1. The summed E-state index contributed by atoms with van der Waals surface area (Å²) in [6.45, 7) is 0. The molecule has 0 fully saturated rings. The highest BCUT2D eigenvalue weighted by Gasteiger charge is 2.19. The van der Waals surface area contributed by atoms with E-state index in [1.165, 1.54) is 87.1 Å². The summed E-state index contributed by atoms with van der Waals surface area (Å²) < 4.78 is 11.1. The van der Waals surface area contributed by atoms with Gasteiger partial charge in [0.2, 0.25) is 0 Å². The van der Waals surface area contributed by atoms with Crippen molar-refractivity contribution in [2.24, 2.45) is 0 Å². The van der Waals surface area contributed by atoms with Crippen LogP contribution in [0.1, 0.15) is 0 Å². The van der Waals surface area contributed by atoms with E-state index in [9.17, 15) is 0 Å². The van der Waals surface area contributed by atoms with E-state index in [0.717, 1.165) is 22.5 Å². The van der Waals surface area contributed by atoms with Crippen LogP contribution in [0.25, 0.3) is 110 Å². The van der Waals surface area contributed by atoms with E-state index < -0.39 is 0 Å². The van der Waals surface area contributed by atoms with Crippen molar-refractivity contribution in [2.45, 2.75) is 0 Å². The van der Waals surface area contributed by atoms with Crippen molar-refractivity contribution in [1.29, 1.82) is 0 Å². The summed E-state index contributed by atoms with van der Waals surface area (Å²) in [5.41, 5.74) is 11.4. The molecule has 12 aromatic rings. The van der Waals surface area contributed by atoms with Gasteiger partial charge >= 0.3 is 0 Å². The highest BCUT2D eigenvalue weighted by molar-refractivity contribution is 6.33. The fraction of sp³-hybridized carbons (Fsp3) is 0. The second-order valence-corrected chi connectivity index (χ2v) is 13.7. The molecule has 0 atom stereocenters. The molecule has 3 heterocycles. The van der Waals surface area contributed by atoms with Gasteiger partial charge < -0.3 is 13.6 Å². The first-order valence-electron chi connectivity index (χ1n) is 17.5. The molecule has 0 saturated carbocycles. The van der Waals surface area contributed by atoms with Crippen LogP contribution in [-0.4, -0.2) is 9.13 Å². The maximum Gasteiger partial charge on any atom is 0.136 e. The topological polar surface area (TPSA) is 23.0 Å². The molecular formula is C48H28N2O. The molecule has 0 bridgehead atoms. The van der Waals surface area contributed by atoms with Crippen molar-refractivity contribution in [2.75, 3.05) is 0 Å². The Bertz CT molecular complexity index is 3300. The van der Waals surface area contributed by atoms with E-state index in [0.29, 0.717) is 0 Å². The summed E-state index contributed by atoms with van der Waals surface area (Å²) in [7, 11) is 0. The third kappa shape index (κ3) is 3.62. The number of fused-ring (bicyclic) bond motifs is 9. The molecule has 0 aliphatic rings. The van der Waals surface area contributed by atoms with Crippen LogP contribution in [0.2, 0.25) is 0 Å². The minimum absolute atomic E-state index is 0.945. The lowest BCUT2D eigenvalue weighted by molar-refractivity contribution is 0.669. The van der Waals surface area contributed by atoms with Crippen LogP contribution in [0.3, 0.4) is 0 Å². The van der Waals surface area contributed by atoms with Crippen LogP contribution in [0.15, 0.2) is 174 Å². The summed E-state index contributed by atoms with van der Waals surface area (Å²) in [5.74, 6) is 0. The van der Waals surface area contributed by atoms with Crippen LogP contribution in [0.4, 0.5) is 0 Å². The molecule has 3 aromatic heterocycles. The Morgan fingerprint density at radius 2 is 0.804 bits per heavy atom. The maximum atomic E-state index is 6.31. The minimum atomic E-state index is 0.945. The van der Waals surface area contributed by atoms with Gasteiger partial charge in [0.05, 0.1) is 22.1 Å². The molecule has 9 aromatic carbocycles. The van der Waals surface area contributed by atoms with Crippen molar-refractivity contribution in [1.82, 2.24) is 9.13 Å². The van der Waals surface area contributed by atoms with Gasteiger partial charge in [-0.05, 0) is 105 Å². The number of hydrogen-bond donors (Lipinski definition) is 0. The summed E-state index contributed by atoms with van der Waals surface area (Å²) in [6, 6.07) is 61.9. The highest BCUT2D eigenvalue weighted by Crippen LogP contribution is 2.44. The third-order valence-corrected chi connectivity index (χ3v) is 11.1. The van der Waals surface area contributed by atoms with E-state index in [1.807, 2.05) is 0 Å². The normalized spacial score (nSPS) is 12.3. The fourth-order valence-electron chi connectivity index (χ4n) is 8.88. The Labute approximate surface area is 292 Å². The van der Waals surface area contributed by atoms with E-state index in [1.54, 1.807) is 0 Å². The molecule has 0 aliphatic carbocycles. The SMILES string of the molecule is c1ccc(-n2c3ccc(-c4ccc5c(c4)c4cccc6oc7cccc5c7c64)cc3c3cc(-n4c5ccccc5c5ccccc54)ccc32)cc1. The van der Waals surface area contributed by atoms with E-state index in [4.69, 9.17) is 4.42 Å². The Morgan fingerprint density at radius 1 is 0.294 bits per heavy atom. The Balaban J connectivity index is 1.13. The minimum Gasteiger partial charge on any atom is -0.456 e. The molecule has 0 amide bonds. The van der Waals surface area contributed by atoms with Gasteiger partial charge in [-0.3, -0.25) is 0 Å². The number of hydrogen-bond acceptors (Lipinski definition) is 1. The average Bonchev–Trinajstić information content (AvgIpc) is 3.85. The molecule has 0 N–H and O–H groups in total. The molecule has 3 nitrogen and oxygen atoms in total. The van der Waals surface area contributed by atoms with Crippen molar-refractivity contribution in [3.05, 3.63) is 170 Å². The number of para-hydroxylation sites is 3. The van der Waals surface area contributed by atoms with E-state index >= 15 is 0 Å². The molecule has 0 unspecified atom stereocenters. The second-order valence-electron chi connectivity index (χ2n) is 13.7. The number of rotatable bonds is 3. The zero-order chi connectivity index (χ0) is 33.2. The predicted molar refractivity (Wildman–Crippen MR) is 214 cm³/mol. The predicted octanol–water partition coefficient (Wildman–Crippen LogP) is 13.2. The first-order chi connectivity index (χ1) is 25.3. The zero-order valence-electron chi connectivity index (χ0n) is 27.5. The van der Waals surface area contributed by atoms with Crippen molar-refractivity contribution < 1.29 is 4.42 Å². The van der Waals surface area contributed by atoms with Gasteiger partial charge in [-0.15, -0.1) is 0 Å². The molecule has 0 radical (unpaired) electrons. The molecule has 12 rings (SSSR count). The van der Waals surface area contributed by atoms with Gasteiger partial charge in [-0.1, -0.05) is 97.1 Å². The van der Waals surface area contributed by atoms with Crippen LogP contribution in [-0.2, 0) is 0 Å². The summed E-state index contributed by atoms with van der Waals surface area (Å²) in [5, 5.41) is 12.4. The Kier molecular flexibility index (Phi) is 5.23. The second kappa shape index (κ2) is 9.87. The standard InChI is InChI=1S/C48H28N2O/c1-2-10-31(11-3-1)49-43-24-21-30(29-20-23-33-36-14-8-18-45-47(36)48-37(38(33)26-29)15-9-19-46(48)51-45)27-39(43)40-28-32(22-25-44(40)49)50-41-16-6-4-12-34(41)35-13-5-7-17-42(35)50/h1-28H. The first-order valence-corrected chi connectivity index (χ1v) is 17.5. The van der Waals surface area contributed by atoms with Gasteiger partial charge in [0.25, 0.3) is 0 Å². The summed E-state index contributed by atoms with van der Waals surface area (Å²) in [6.07, 6.45) is 0. The molecule has 0 saturated heterocycles. The first kappa shape index (κ1) is 27.0. The largest absolute Gasteiger partial charge is 0.456 e. The number of benzene rings is 9. The molecule has 0 spiro atoms. The van der Waals surface area contributed by atoms with Gasteiger partial charge in [0.15, 0.2) is 0 Å². The molecule has 51 heavy (non-hydrogen) atoms. The monoisotopic (exact) mass is 648 g/mol. The molecular weight excluding hydrogens is 621 g/mol. The fourth-order valence-corrected chi connectivity index (χ4v) is 8.88. The quantitative estimate of drug-likeness (QED) is 0.175. The highest BCUT2D eigenvalue weighted by atomic mass is 16.3. The van der Waals surface area contributed by atoms with Crippen LogP contribution < -0.4 is 0 Å². The van der Waals surface area contributed by atoms with Crippen LogP contribution in [0, 0.1) is 0 Å². The lowest BCUT2D eigenvalue weighted by atomic mass is 9.92. The maximum absolute atomic E-state index is 6.31.